The molecule has 112 valence electrons. The molecule has 1 heterocycles. The lowest BCUT2D eigenvalue weighted by atomic mass is 9.74. The number of hydrogen-bond acceptors (Lipinski definition) is 2. The second-order valence-electron chi connectivity index (χ2n) is 6.75. The van der Waals surface area contributed by atoms with Gasteiger partial charge < -0.3 is 5.41 Å². The molecule has 0 unspecified atom stereocenters. The molecule has 0 saturated carbocycles. The average molecular weight is 290 g/mol. The van der Waals surface area contributed by atoms with Crippen LogP contribution in [0.4, 0.5) is 0 Å². The molecule has 0 bridgehead atoms. The minimum Gasteiger partial charge on any atom is -0.304 e. The minimum absolute atomic E-state index is 0.108. The summed E-state index contributed by atoms with van der Waals surface area (Å²) in [6.45, 7) is 3.24. The van der Waals surface area contributed by atoms with E-state index in [4.69, 9.17) is 5.41 Å². The van der Waals surface area contributed by atoms with Crippen molar-refractivity contribution in [3.63, 3.8) is 0 Å². The summed E-state index contributed by atoms with van der Waals surface area (Å²) in [7, 11) is 0. The lowest BCUT2D eigenvalue weighted by molar-refractivity contribution is 0.149. The molecule has 2 aliphatic rings. The number of nitrogens with one attached hydrogen (secondary N) is 1. The Morgan fingerprint density at radius 1 is 0.909 bits per heavy atom. The van der Waals surface area contributed by atoms with Crippen LogP contribution in [0.5, 0.6) is 0 Å². The second kappa shape index (κ2) is 5.36. The molecule has 1 saturated heterocycles. The summed E-state index contributed by atoms with van der Waals surface area (Å²) < 4.78 is 0. The molecule has 0 aromatic heterocycles. The van der Waals surface area contributed by atoms with Gasteiger partial charge in [0.15, 0.2) is 0 Å². The van der Waals surface area contributed by atoms with Crippen LogP contribution in [-0.2, 0) is 13.0 Å². The van der Waals surface area contributed by atoms with E-state index in [1.165, 1.54) is 16.7 Å². The van der Waals surface area contributed by atoms with Crippen molar-refractivity contribution >= 4 is 5.71 Å². The summed E-state index contributed by atoms with van der Waals surface area (Å²) in [5.41, 5.74) is 4.96. The van der Waals surface area contributed by atoms with E-state index >= 15 is 0 Å². The van der Waals surface area contributed by atoms with E-state index < -0.39 is 0 Å². The molecule has 2 nitrogen and oxygen atoms in total. The van der Waals surface area contributed by atoms with Crippen LogP contribution in [-0.4, -0.2) is 23.7 Å². The Bertz CT molecular complexity index is 682. The van der Waals surface area contributed by atoms with E-state index in [0.717, 1.165) is 44.6 Å². The van der Waals surface area contributed by atoms with Gasteiger partial charge in [-0.3, -0.25) is 4.90 Å². The number of fused-ring (bicyclic) bond motifs is 1. The molecule has 4 rings (SSSR count). The van der Waals surface area contributed by atoms with Crippen LogP contribution in [0.1, 0.15) is 29.5 Å². The third-order valence-corrected chi connectivity index (χ3v) is 5.41. The average Bonchev–Trinajstić information content (AvgIpc) is 2.84. The molecular weight excluding hydrogens is 268 g/mol. The van der Waals surface area contributed by atoms with Crippen LogP contribution in [0.3, 0.4) is 0 Å². The zero-order chi connectivity index (χ0) is 15.0. The van der Waals surface area contributed by atoms with E-state index in [1.54, 1.807) is 0 Å². The predicted octanol–water partition coefficient (Wildman–Crippen LogP) is 3.89. The second-order valence-corrected chi connectivity index (χ2v) is 6.75. The van der Waals surface area contributed by atoms with Gasteiger partial charge in [-0.25, -0.2) is 0 Å². The zero-order valence-electron chi connectivity index (χ0n) is 12.9. The van der Waals surface area contributed by atoms with E-state index in [-0.39, 0.29) is 5.41 Å². The van der Waals surface area contributed by atoms with Crippen molar-refractivity contribution in [1.29, 1.82) is 5.41 Å². The highest BCUT2D eigenvalue weighted by Crippen LogP contribution is 2.44. The van der Waals surface area contributed by atoms with Crippen molar-refractivity contribution in [2.75, 3.05) is 13.1 Å². The molecule has 1 aliphatic carbocycles. The molecule has 2 aromatic carbocycles. The monoisotopic (exact) mass is 290 g/mol. The van der Waals surface area contributed by atoms with Crippen molar-refractivity contribution < 1.29 is 0 Å². The molecule has 22 heavy (non-hydrogen) atoms. The fourth-order valence-electron chi connectivity index (χ4n) is 4.06. The summed E-state index contributed by atoms with van der Waals surface area (Å²) in [4.78, 5) is 2.54. The number of hydrogen-bond donors (Lipinski definition) is 1. The molecule has 0 atom stereocenters. The molecular formula is C20H22N2. The molecule has 0 amide bonds. The topological polar surface area (TPSA) is 27.1 Å². The molecule has 2 aromatic rings. The Labute approximate surface area is 132 Å². The van der Waals surface area contributed by atoms with E-state index in [0.29, 0.717) is 0 Å². The van der Waals surface area contributed by atoms with Crippen LogP contribution in [0.15, 0.2) is 54.6 Å². The first-order valence-corrected chi connectivity index (χ1v) is 8.20. The van der Waals surface area contributed by atoms with Crippen LogP contribution in [0, 0.1) is 10.8 Å². The number of rotatable bonds is 2. The smallest absolute Gasteiger partial charge is 0.0454 e. The van der Waals surface area contributed by atoms with E-state index in [9.17, 15) is 0 Å². The van der Waals surface area contributed by atoms with Crippen LogP contribution >= 0.6 is 0 Å². The fraction of sp³-hybridized carbons (Fsp3) is 0.350. The first-order chi connectivity index (χ1) is 10.8. The molecule has 0 radical (unpaired) electrons. The van der Waals surface area contributed by atoms with Gasteiger partial charge in [-0.15, -0.1) is 0 Å². The third kappa shape index (κ3) is 2.28. The van der Waals surface area contributed by atoms with Gasteiger partial charge >= 0.3 is 0 Å². The standard InChI is InChI=1S/C20H22N2/c21-19-18-9-5-4-8-17(18)14-20(19)10-12-22(13-11-20)15-16-6-2-1-3-7-16/h1-9,21H,10-15H2. The highest BCUT2D eigenvalue weighted by atomic mass is 15.1. The summed E-state index contributed by atoms with van der Waals surface area (Å²) in [6, 6.07) is 19.2. The van der Waals surface area contributed by atoms with Crippen molar-refractivity contribution in [3.8, 4) is 0 Å². The number of nitrogens with zero attached hydrogens (tertiary/aromatic N) is 1. The van der Waals surface area contributed by atoms with Crippen molar-refractivity contribution in [1.82, 2.24) is 4.90 Å². The lowest BCUT2D eigenvalue weighted by Crippen LogP contribution is -2.42. The Hall–Kier alpha value is -1.93. The number of benzene rings is 2. The molecule has 1 aliphatic heterocycles. The highest BCUT2D eigenvalue weighted by Gasteiger charge is 2.44. The first kappa shape index (κ1) is 13.7. The number of likely N-dealkylation sites (tertiary alicyclic amines) is 1. The van der Waals surface area contributed by atoms with E-state index in [1.807, 2.05) is 0 Å². The maximum atomic E-state index is 8.64. The van der Waals surface area contributed by atoms with Gasteiger partial charge in [0.2, 0.25) is 0 Å². The Morgan fingerprint density at radius 3 is 2.32 bits per heavy atom. The molecule has 1 N–H and O–H groups in total. The maximum absolute atomic E-state index is 8.64. The van der Waals surface area contributed by atoms with Gasteiger partial charge in [-0.2, -0.15) is 0 Å². The predicted molar refractivity (Wildman–Crippen MR) is 90.4 cm³/mol. The summed E-state index contributed by atoms with van der Waals surface area (Å²) in [6.07, 6.45) is 3.31. The van der Waals surface area contributed by atoms with Gasteiger partial charge in [-0.05, 0) is 49.0 Å². The largest absolute Gasteiger partial charge is 0.304 e. The van der Waals surface area contributed by atoms with Crippen molar-refractivity contribution in [3.05, 3.63) is 71.3 Å². The van der Waals surface area contributed by atoms with Gasteiger partial charge in [0.1, 0.15) is 0 Å². The van der Waals surface area contributed by atoms with Crippen LogP contribution < -0.4 is 0 Å². The summed E-state index contributed by atoms with van der Waals surface area (Å²) in [5, 5.41) is 8.64. The lowest BCUT2D eigenvalue weighted by Gasteiger charge is -2.39. The number of piperidine rings is 1. The molecule has 2 heteroatoms. The molecule has 1 fully saturated rings. The van der Waals surface area contributed by atoms with Crippen molar-refractivity contribution in [2.24, 2.45) is 5.41 Å². The maximum Gasteiger partial charge on any atom is 0.0454 e. The van der Waals surface area contributed by atoms with Gasteiger partial charge in [-0.1, -0.05) is 54.6 Å². The Kier molecular flexibility index (Phi) is 3.34. The summed E-state index contributed by atoms with van der Waals surface area (Å²) >= 11 is 0. The highest BCUT2D eigenvalue weighted by molar-refractivity contribution is 6.06. The quantitative estimate of drug-likeness (QED) is 0.892. The zero-order valence-corrected chi connectivity index (χ0v) is 12.9. The van der Waals surface area contributed by atoms with Crippen molar-refractivity contribution in [2.45, 2.75) is 25.8 Å². The Balaban J connectivity index is 1.46. The third-order valence-electron chi connectivity index (χ3n) is 5.41. The van der Waals surface area contributed by atoms with E-state index in [2.05, 4.69) is 59.5 Å². The van der Waals surface area contributed by atoms with Gasteiger partial charge in [0.05, 0.1) is 0 Å². The fourth-order valence-corrected chi connectivity index (χ4v) is 4.06. The van der Waals surface area contributed by atoms with Gasteiger partial charge in [0, 0.05) is 17.7 Å². The molecule has 1 spiro atoms. The van der Waals surface area contributed by atoms with Crippen LogP contribution in [0.2, 0.25) is 0 Å². The van der Waals surface area contributed by atoms with Crippen LogP contribution in [0.25, 0.3) is 0 Å². The first-order valence-electron chi connectivity index (χ1n) is 8.20. The van der Waals surface area contributed by atoms with Gasteiger partial charge in [0.25, 0.3) is 0 Å². The Morgan fingerprint density at radius 2 is 1.59 bits per heavy atom. The SMILES string of the molecule is N=C1c2ccccc2CC12CCN(Cc1ccccc1)CC2. The minimum atomic E-state index is 0.108. The summed E-state index contributed by atoms with van der Waals surface area (Å²) in [5.74, 6) is 0. The normalized spacial score (nSPS) is 20.3.